The molecule has 2 atom stereocenters. The predicted molar refractivity (Wildman–Crippen MR) is 45.5 cm³/mol. The Morgan fingerprint density at radius 3 is 2.54 bits per heavy atom. The van der Waals surface area contributed by atoms with E-state index in [0.29, 0.717) is 18.5 Å². The molecule has 78 valence electrons. The van der Waals surface area contributed by atoms with Crippen LogP contribution in [0.3, 0.4) is 0 Å². The first-order chi connectivity index (χ1) is 6.03. The Bertz CT molecular complexity index is 155. The van der Waals surface area contributed by atoms with Gasteiger partial charge in [-0.2, -0.15) is 13.2 Å². The minimum Gasteiger partial charge on any atom is -0.314 e. The highest BCUT2D eigenvalue weighted by atomic mass is 19.4. The summed E-state index contributed by atoms with van der Waals surface area (Å²) in [6, 6.07) is 0.498. The molecule has 4 heteroatoms. The smallest absolute Gasteiger partial charge is 0.314 e. The second kappa shape index (κ2) is 4.31. The summed E-state index contributed by atoms with van der Waals surface area (Å²) < 4.78 is 35.1. The van der Waals surface area contributed by atoms with Crippen molar-refractivity contribution in [3.05, 3.63) is 0 Å². The van der Waals surface area contributed by atoms with Gasteiger partial charge in [0.15, 0.2) is 0 Å². The Hall–Kier alpha value is -0.250. The number of rotatable bonds is 5. The topological polar surface area (TPSA) is 12.0 Å². The molecule has 1 N–H and O–H groups in total. The van der Waals surface area contributed by atoms with Gasteiger partial charge in [0.2, 0.25) is 0 Å². The molecule has 1 saturated carbocycles. The summed E-state index contributed by atoms with van der Waals surface area (Å²) in [5, 5.41) is 3.13. The van der Waals surface area contributed by atoms with E-state index in [1.165, 1.54) is 0 Å². The number of halogens is 3. The third-order valence-electron chi connectivity index (χ3n) is 2.49. The van der Waals surface area contributed by atoms with Crippen molar-refractivity contribution in [2.75, 3.05) is 6.54 Å². The van der Waals surface area contributed by atoms with Gasteiger partial charge in [0, 0.05) is 12.5 Å². The van der Waals surface area contributed by atoms with Gasteiger partial charge in [0.25, 0.3) is 0 Å². The fraction of sp³-hybridized carbons (Fsp3) is 1.00. The summed E-state index contributed by atoms with van der Waals surface area (Å²) in [6.45, 7) is 2.61. The van der Waals surface area contributed by atoms with Crippen molar-refractivity contribution in [2.24, 2.45) is 5.92 Å². The van der Waals surface area contributed by atoms with Crippen LogP contribution >= 0.6 is 0 Å². The molecule has 0 aromatic heterocycles. The van der Waals surface area contributed by atoms with Gasteiger partial charge >= 0.3 is 6.18 Å². The van der Waals surface area contributed by atoms with Crippen LogP contribution in [0, 0.1) is 5.92 Å². The lowest BCUT2D eigenvalue weighted by atomic mass is 10.3. The Balaban J connectivity index is 1.91. The van der Waals surface area contributed by atoms with Crippen LogP contribution in [0.5, 0.6) is 0 Å². The predicted octanol–water partition coefficient (Wildman–Crippen LogP) is 2.72. The molecule has 1 rings (SSSR count). The summed E-state index contributed by atoms with van der Waals surface area (Å²) >= 11 is 0. The Labute approximate surface area is 76.7 Å². The van der Waals surface area contributed by atoms with Crippen LogP contribution in [0.2, 0.25) is 0 Å². The first-order valence-corrected chi connectivity index (χ1v) is 4.83. The lowest BCUT2D eigenvalue weighted by Gasteiger charge is -2.06. The molecule has 0 aromatic rings. The normalized spacial score (nSPS) is 27.7. The van der Waals surface area contributed by atoms with Crippen LogP contribution < -0.4 is 5.32 Å². The van der Waals surface area contributed by atoms with Crippen molar-refractivity contribution in [3.63, 3.8) is 0 Å². The second-order valence-electron chi connectivity index (χ2n) is 3.68. The van der Waals surface area contributed by atoms with Crippen LogP contribution in [-0.4, -0.2) is 18.8 Å². The number of hydrogen-bond donors (Lipinski definition) is 1. The average Bonchev–Trinajstić information content (AvgIpc) is 2.75. The molecule has 1 aliphatic carbocycles. The van der Waals surface area contributed by atoms with Gasteiger partial charge in [-0.15, -0.1) is 0 Å². The molecule has 0 bridgehead atoms. The van der Waals surface area contributed by atoms with Crippen molar-refractivity contribution < 1.29 is 13.2 Å². The fourth-order valence-electron chi connectivity index (χ4n) is 1.53. The van der Waals surface area contributed by atoms with E-state index in [1.54, 1.807) is 0 Å². The molecular formula is C9H16F3N. The molecule has 2 unspecified atom stereocenters. The molecule has 13 heavy (non-hydrogen) atoms. The van der Waals surface area contributed by atoms with Gasteiger partial charge in [0.1, 0.15) is 0 Å². The van der Waals surface area contributed by atoms with Crippen LogP contribution in [0.4, 0.5) is 13.2 Å². The minimum atomic E-state index is -3.99. The lowest BCUT2D eigenvalue weighted by molar-refractivity contribution is -0.135. The van der Waals surface area contributed by atoms with E-state index >= 15 is 0 Å². The summed E-state index contributed by atoms with van der Waals surface area (Å²) in [6.07, 6.45) is -2.17. The zero-order valence-corrected chi connectivity index (χ0v) is 7.82. The molecule has 0 aromatic carbocycles. The van der Waals surface area contributed by atoms with Crippen LogP contribution in [0.25, 0.3) is 0 Å². The van der Waals surface area contributed by atoms with Gasteiger partial charge in [-0.3, -0.25) is 0 Å². The fourth-order valence-corrected chi connectivity index (χ4v) is 1.53. The van der Waals surface area contributed by atoms with Crippen LogP contribution in [0.1, 0.15) is 32.6 Å². The minimum absolute atomic E-state index is 0.205. The first-order valence-electron chi connectivity index (χ1n) is 4.83. The Morgan fingerprint density at radius 2 is 2.08 bits per heavy atom. The van der Waals surface area contributed by atoms with E-state index in [4.69, 9.17) is 0 Å². The molecule has 1 nitrogen and oxygen atoms in total. The summed E-state index contributed by atoms with van der Waals surface area (Å²) in [5.41, 5.74) is 0. The standard InChI is InChI=1S/C9H16F3N/c1-2-7-6-8(7)13-5-3-4-9(10,11)12/h7-8,13H,2-6H2,1H3. The molecular weight excluding hydrogens is 179 g/mol. The SMILES string of the molecule is CCC1CC1NCCCC(F)(F)F. The van der Waals surface area contributed by atoms with Gasteiger partial charge in [-0.05, 0) is 25.3 Å². The van der Waals surface area contributed by atoms with Crippen molar-refractivity contribution in [1.29, 1.82) is 0 Å². The third-order valence-corrected chi connectivity index (χ3v) is 2.49. The highest BCUT2D eigenvalue weighted by Crippen LogP contribution is 2.33. The van der Waals surface area contributed by atoms with Crippen molar-refractivity contribution in [2.45, 2.75) is 44.8 Å². The van der Waals surface area contributed by atoms with Crippen LogP contribution in [-0.2, 0) is 0 Å². The highest BCUT2D eigenvalue weighted by molar-refractivity contribution is 4.91. The van der Waals surface area contributed by atoms with E-state index in [1.807, 2.05) is 0 Å². The number of hydrogen-bond acceptors (Lipinski definition) is 1. The van der Waals surface area contributed by atoms with Gasteiger partial charge < -0.3 is 5.32 Å². The zero-order chi connectivity index (χ0) is 9.90. The van der Waals surface area contributed by atoms with Crippen LogP contribution in [0.15, 0.2) is 0 Å². The van der Waals surface area contributed by atoms with E-state index in [9.17, 15) is 13.2 Å². The molecule has 0 heterocycles. The van der Waals surface area contributed by atoms with Crippen molar-refractivity contribution in [1.82, 2.24) is 5.32 Å². The molecule has 0 aliphatic heterocycles. The maximum Gasteiger partial charge on any atom is 0.389 e. The van der Waals surface area contributed by atoms with Gasteiger partial charge in [-0.25, -0.2) is 0 Å². The summed E-state index contributed by atoms with van der Waals surface area (Å²) in [4.78, 5) is 0. The summed E-state index contributed by atoms with van der Waals surface area (Å²) in [5.74, 6) is 0.714. The monoisotopic (exact) mass is 195 g/mol. The third kappa shape index (κ3) is 4.50. The Kier molecular flexibility index (Phi) is 3.59. The zero-order valence-electron chi connectivity index (χ0n) is 7.82. The molecule has 1 aliphatic rings. The number of alkyl halides is 3. The van der Waals surface area contributed by atoms with E-state index in [2.05, 4.69) is 12.2 Å². The second-order valence-corrected chi connectivity index (χ2v) is 3.68. The van der Waals surface area contributed by atoms with E-state index < -0.39 is 12.6 Å². The molecule has 0 spiro atoms. The van der Waals surface area contributed by atoms with Gasteiger partial charge in [0.05, 0.1) is 0 Å². The molecule has 0 saturated heterocycles. The van der Waals surface area contributed by atoms with Crippen molar-refractivity contribution >= 4 is 0 Å². The van der Waals surface area contributed by atoms with E-state index in [0.717, 1.165) is 12.8 Å². The van der Waals surface area contributed by atoms with Gasteiger partial charge in [-0.1, -0.05) is 13.3 Å². The molecule has 1 fully saturated rings. The first kappa shape index (κ1) is 10.8. The summed E-state index contributed by atoms with van der Waals surface area (Å²) in [7, 11) is 0. The van der Waals surface area contributed by atoms with Crippen molar-refractivity contribution in [3.8, 4) is 0 Å². The molecule has 0 radical (unpaired) electrons. The Morgan fingerprint density at radius 1 is 1.38 bits per heavy atom. The molecule has 0 amide bonds. The number of nitrogens with one attached hydrogen (secondary N) is 1. The van der Waals surface area contributed by atoms with E-state index in [-0.39, 0.29) is 6.42 Å². The quantitative estimate of drug-likeness (QED) is 0.665. The average molecular weight is 195 g/mol. The highest BCUT2D eigenvalue weighted by Gasteiger charge is 2.34. The lowest BCUT2D eigenvalue weighted by Crippen LogP contribution is -2.21. The maximum atomic E-state index is 11.7. The largest absolute Gasteiger partial charge is 0.389 e. The maximum absolute atomic E-state index is 11.7.